The van der Waals surface area contributed by atoms with Gasteiger partial charge < -0.3 is 8.83 Å². The Bertz CT molecular complexity index is 612. The smallest absolute Gasteiger partial charge is 0.302 e. The zero-order valence-electron chi connectivity index (χ0n) is 10.1. The molecule has 7 heteroatoms. The molecule has 0 bridgehead atoms. The number of nitrogens with one attached hydrogen (secondary N) is 1. The number of hydrogen-bond acceptors (Lipinski definition) is 6. The highest BCUT2D eigenvalue weighted by Gasteiger charge is 2.18. The summed E-state index contributed by atoms with van der Waals surface area (Å²) in [6.45, 7) is 4.64. The van der Waals surface area contributed by atoms with Crippen molar-refractivity contribution in [3.8, 4) is 0 Å². The molecule has 0 saturated heterocycles. The summed E-state index contributed by atoms with van der Waals surface area (Å²) < 4.78 is 10.2. The van der Waals surface area contributed by atoms with Crippen LogP contribution >= 0.6 is 0 Å². The van der Waals surface area contributed by atoms with Gasteiger partial charge in [0.25, 0.3) is 5.91 Å². The largest absolute Gasteiger partial charge is 0.436 e. The molecule has 0 aliphatic carbocycles. The molecule has 0 aliphatic rings. The fourth-order valence-electron chi connectivity index (χ4n) is 1.39. The third-order valence-corrected chi connectivity index (χ3v) is 2.18. The maximum Gasteiger partial charge on any atom is 0.302 e. The Morgan fingerprint density at radius 2 is 2.00 bits per heavy atom. The first-order chi connectivity index (χ1) is 8.47. The first-order valence-corrected chi connectivity index (χ1v) is 5.19. The SMILES string of the molecule is CC(=O)c1cnc(NC(=O)c2oc(C)nc2C)o1. The number of oxazole rings is 2. The quantitative estimate of drug-likeness (QED) is 0.832. The number of Topliss-reactive ketones (excluding diaryl/α,β-unsaturated/α-hetero) is 1. The standard InChI is InChI=1S/C11H11N3O4/c1-5-9(17-7(3)13-5)10(16)14-11-12-4-8(18-11)6(2)15/h4H,1-3H3,(H,12,14,16). The topological polar surface area (TPSA) is 98.2 Å². The normalized spacial score (nSPS) is 10.4. The van der Waals surface area contributed by atoms with E-state index in [1.165, 1.54) is 13.1 Å². The second-order valence-electron chi connectivity index (χ2n) is 3.69. The van der Waals surface area contributed by atoms with E-state index in [0.717, 1.165) is 0 Å². The molecule has 18 heavy (non-hydrogen) atoms. The van der Waals surface area contributed by atoms with Gasteiger partial charge >= 0.3 is 6.01 Å². The highest BCUT2D eigenvalue weighted by molar-refractivity contribution is 6.02. The van der Waals surface area contributed by atoms with Gasteiger partial charge in [-0.1, -0.05) is 0 Å². The van der Waals surface area contributed by atoms with E-state index in [2.05, 4.69) is 15.3 Å². The lowest BCUT2D eigenvalue weighted by molar-refractivity contribution is 0.0973. The molecule has 2 rings (SSSR count). The van der Waals surface area contributed by atoms with E-state index < -0.39 is 5.91 Å². The Kier molecular flexibility index (Phi) is 2.97. The molecule has 1 amide bonds. The van der Waals surface area contributed by atoms with E-state index in [9.17, 15) is 9.59 Å². The van der Waals surface area contributed by atoms with Crippen molar-refractivity contribution in [1.29, 1.82) is 0 Å². The summed E-state index contributed by atoms with van der Waals surface area (Å²) in [6, 6.07) is -0.0568. The molecular weight excluding hydrogens is 238 g/mol. The van der Waals surface area contributed by atoms with Gasteiger partial charge in [-0.05, 0) is 6.92 Å². The molecule has 2 aromatic rings. The first-order valence-electron chi connectivity index (χ1n) is 5.19. The van der Waals surface area contributed by atoms with Crippen LogP contribution in [-0.2, 0) is 0 Å². The number of hydrogen-bond donors (Lipinski definition) is 1. The summed E-state index contributed by atoms with van der Waals surface area (Å²) in [5.41, 5.74) is 0.475. The Labute approximate surface area is 102 Å². The zero-order valence-corrected chi connectivity index (χ0v) is 10.1. The number of nitrogens with zero attached hydrogens (tertiary/aromatic N) is 2. The molecule has 1 N–H and O–H groups in total. The van der Waals surface area contributed by atoms with Gasteiger partial charge in [0, 0.05) is 13.8 Å². The third-order valence-electron chi connectivity index (χ3n) is 2.18. The van der Waals surface area contributed by atoms with Crippen LogP contribution in [0.1, 0.15) is 39.6 Å². The summed E-state index contributed by atoms with van der Waals surface area (Å²) in [5, 5.41) is 2.38. The molecule has 2 aromatic heterocycles. The molecule has 94 valence electrons. The lowest BCUT2D eigenvalue weighted by Gasteiger charge is -1.97. The van der Waals surface area contributed by atoms with Crippen molar-refractivity contribution in [1.82, 2.24) is 9.97 Å². The summed E-state index contributed by atoms with van der Waals surface area (Å²) in [7, 11) is 0. The van der Waals surface area contributed by atoms with Gasteiger partial charge in [-0.15, -0.1) is 0 Å². The van der Waals surface area contributed by atoms with Crippen molar-refractivity contribution in [2.45, 2.75) is 20.8 Å². The molecule has 7 nitrogen and oxygen atoms in total. The van der Waals surface area contributed by atoms with E-state index in [4.69, 9.17) is 8.83 Å². The molecule has 0 aliphatic heterocycles. The van der Waals surface area contributed by atoms with Crippen LogP contribution in [0.2, 0.25) is 0 Å². The van der Waals surface area contributed by atoms with Gasteiger partial charge in [0.05, 0.1) is 11.9 Å². The van der Waals surface area contributed by atoms with Gasteiger partial charge in [-0.3, -0.25) is 14.9 Å². The average molecular weight is 249 g/mol. The van der Waals surface area contributed by atoms with Crippen LogP contribution in [0, 0.1) is 13.8 Å². The minimum atomic E-state index is -0.523. The predicted molar refractivity (Wildman–Crippen MR) is 60.4 cm³/mol. The van der Waals surface area contributed by atoms with Crippen molar-refractivity contribution < 1.29 is 18.4 Å². The second kappa shape index (κ2) is 4.44. The maximum absolute atomic E-state index is 11.8. The Balaban J connectivity index is 2.16. The molecule has 0 atom stereocenters. The number of anilines is 1. The average Bonchev–Trinajstić information content (AvgIpc) is 2.85. The van der Waals surface area contributed by atoms with E-state index in [1.54, 1.807) is 13.8 Å². The lowest BCUT2D eigenvalue weighted by Crippen LogP contribution is -2.12. The molecule has 0 saturated carbocycles. The Morgan fingerprint density at radius 1 is 1.28 bits per heavy atom. The van der Waals surface area contributed by atoms with Crippen molar-refractivity contribution in [3.05, 3.63) is 29.3 Å². The van der Waals surface area contributed by atoms with Crippen LogP contribution in [0.3, 0.4) is 0 Å². The Morgan fingerprint density at radius 3 is 2.50 bits per heavy atom. The molecule has 0 unspecified atom stereocenters. The number of rotatable bonds is 3. The van der Waals surface area contributed by atoms with Crippen LogP contribution in [0.4, 0.5) is 6.01 Å². The molecule has 0 fully saturated rings. The third kappa shape index (κ3) is 2.29. The summed E-state index contributed by atoms with van der Waals surface area (Å²) >= 11 is 0. The minimum absolute atomic E-state index is 0.0568. The van der Waals surface area contributed by atoms with Gasteiger partial charge in [-0.25, -0.2) is 9.97 Å². The summed E-state index contributed by atoms with van der Waals surface area (Å²) in [4.78, 5) is 30.5. The number of amides is 1. The van der Waals surface area contributed by atoms with Gasteiger partial charge in [-0.2, -0.15) is 0 Å². The van der Waals surface area contributed by atoms with Crippen LogP contribution in [-0.4, -0.2) is 21.7 Å². The molecule has 0 radical (unpaired) electrons. The first kappa shape index (κ1) is 12.0. The summed E-state index contributed by atoms with van der Waals surface area (Å²) in [6.07, 6.45) is 1.25. The number of carbonyl (C=O) groups excluding carboxylic acids is 2. The van der Waals surface area contributed by atoms with Crippen LogP contribution in [0.15, 0.2) is 15.0 Å². The minimum Gasteiger partial charge on any atom is -0.436 e. The number of carbonyl (C=O) groups is 2. The van der Waals surface area contributed by atoms with Crippen molar-refractivity contribution in [3.63, 3.8) is 0 Å². The predicted octanol–water partition coefficient (Wildman–Crippen LogP) is 1.73. The van der Waals surface area contributed by atoms with Gasteiger partial charge in [0.2, 0.25) is 5.76 Å². The fraction of sp³-hybridized carbons (Fsp3) is 0.273. The van der Waals surface area contributed by atoms with Crippen LogP contribution in [0.5, 0.6) is 0 Å². The number of aryl methyl sites for hydroxylation is 2. The lowest BCUT2D eigenvalue weighted by atomic mass is 10.3. The molecule has 0 aromatic carbocycles. The Hall–Kier alpha value is -2.44. The number of ketones is 1. The molecule has 2 heterocycles. The monoisotopic (exact) mass is 249 g/mol. The van der Waals surface area contributed by atoms with Gasteiger partial charge in [0.1, 0.15) is 0 Å². The van der Waals surface area contributed by atoms with Crippen molar-refractivity contribution in [2.75, 3.05) is 5.32 Å². The van der Waals surface area contributed by atoms with Crippen LogP contribution in [0.25, 0.3) is 0 Å². The van der Waals surface area contributed by atoms with Crippen molar-refractivity contribution >= 4 is 17.7 Å². The fourth-order valence-corrected chi connectivity index (χ4v) is 1.39. The van der Waals surface area contributed by atoms with E-state index in [0.29, 0.717) is 11.6 Å². The molecule has 0 spiro atoms. The highest BCUT2D eigenvalue weighted by Crippen LogP contribution is 2.14. The van der Waals surface area contributed by atoms with Crippen LogP contribution < -0.4 is 5.32 Å². The zero-order chi connectivity index (χ0) is 13.3. The van der Waals surface area contributed by atoms with E-state index >= 15 is 0 Å². The molecular formula is C11H11N3O4. The van der Waals surface area contributed by atoms with Gasteiger partial charge in [0.15, 0.2) is 17.4 Å². The van der Waals surface area contributed by atoms with Crippen molar-refractivity contribution in [2.24, 2.45) is 0 Å². The highest BCUT2D eigenvalue weighted by atomic mass is 16.4. The maximum atomic E-state index is 11.8. The number of aromatic nitrogens is 2. The summed E-state index contributed by atoms with van der Waals surface area (Å²) in [5.74, 6) is -0.222. The van der Waals surface area contributed by atoms with E-state index in [1.807, 2.05) is 0 Å². The second-order valence-corrected chi connectivity index (χ2v) is 3.69. The van der Waals surface area contributed by atoms with E-state index in [-0.39, 0.29) is 23.3 Å².